The molecule has 1 aromatic rings. The molecule has 0 amide bonds. The summed E-state index contributed by atoms with van der Waals surface area (Å²) in [6.07, 6.45) is 2.43. The molecule has 1 unspecified atom stereocenters. The van der Waals surface area contributed by atoms with Gasteiger partial charge in [-0.2, -0.15) is 0 Å². The van der Waals surface area contributed by atoms with E-state index >= 15 is 0 Å². The van der Waals surface area contributed by atoms with E-state index in [0.717, 1.165) is 29.9 Å². The molecule has 0 bridgehead atoms. The number of carbonyl (C=O) groups excluding carboxylic acids is 1. The molecule has 1 aliphatic heterocycles. The molecule has 0 saturated carbocycles. The lowest BCUT2D eigenvalue weighted by Gasteiger charge is -2.13. The molecular formula is C15H20O3. The number of fused-ring (bicyclic) bond motifs is 1. The molecule has 0 radical (unpaired) electrons. The molecule has 0 saturated heterocycles. The summed E-state index contributed by atoms with van der Waals surface area (Å²) >= 11 is 0. The van der Waals surface area contributed by atoms with E-state index in [0.29, 0.717) is 19.6 Å². The van der Waals surface area contributed by atoms with Gasteiger partial charge in [-0.25, -0.2) is 0 Å². The van der Waals surface area contributed by atoms with Crippen LogP contribution in [0.5, 0.6) is 11.5 Å². The molecule has 2 rings (SSSR count). The predicted molar refractivity (Wildman–Crippen MR) is 70.4 cm³/mol. The van der Waals surface area contributed by atoms with E-state index in [1.165, 1.54) is 0 Å². The Morgan fingerprint density at radius 1 is 1.28 bits per heavy atom. The second kappa shape index (κ2) is 5.89. The first-order valence-corrected chi connectivity index (χ1v) is 6.64. The SMILES string of the molecule is CCCC(=O)C(C)c1ccc2c(c1)OCCCO2. The standard InChI is InChI=1S/C15H20O3/c1-3-5-13(16)11(2)12-6-7-14-15(10-12)18-9-4-8-17-14/h6-7,10-11H,3-5,8-9H2,1-2H3. The lowest BCUT2D eigenvalue weighted by atomic mass is 9.94. The van der Waals surface area contributed by atoms with E-state index in [-0.39, 0.29) is 11.7 Å². The first-order valence-electron chi connectivity index (χ1n) is 6.64. The van der Waals surface area contributed by atoms with E-state index in [1.54, 1.807) is 0 Å². The van der Waals surface area contributed by atoms with Crippen molar-refractivity contribution in [2.24, 2.45) is 0 Å². The minimum atomic E-state index is -0.0675. The molecule has 3 nitrogen and oxygen atoms in total. The van der Waals surface area contributed by atoms with Crippen LogP contribution >= 0.6 is 0 Å². The van der Waals surface area contributed by atoms with Gasteiger partial charge in [0.25, 0.3) is 0 Å². The van der Waals surface area contributed by atoms with Gasteiger partial charge in [0.15, 0.2) is 11.5 Å². The third-order valence-corrected chi connectivity index (χ3v) is 3.25. The summed E-state index contributed by atoms with van der Waals surface area (Å²) in [5.74, 6) is 1.77. The zero-order chi connectivity index (χ0) is 13.0. The maximum absolute atomic E-state index is 11.9. The zero-order valence-electron chi connectivity index (χ0n) is 11.1. The van der Waals surface area contributed by atoms with Crippen molar-refractivity contribution in [3.8, 4) is 11.5 Å². The van der Waals surface area contributed by atoms with Gasteiger partial charge >= 0.3 is 0 Å². The first kappa shape index (κ1) is 12.9. The number of hydrogen-bond donors (Lipinski definition) is 0. The van der Waals surface area contributed by atoms with E-state index in [2.05, 4.69) is 0 Å². The summed E-state index contributed by atoms with van der Waals surface area (Å²) < 4.78 is 11.2. The van der Waals surface area contributed by atoms with Crippen LogP contribution in [0.2, 0.25) is 0 Å². The Morgan fingerprint density at radius 3 is 2.72 bits per heavy atom. The summed E-state index contributed by atoms with van der Waals surface area (Å²) in [4.78, 5) is 11.9. The monoisotopic (exact) mass is 248 g/mol. The Balaban J connectivity index is 2.19. The summed E-state index contributed by atoms with van der Waals surface area (Å²) in [6, 6.07) is 5.82. The molecule has 3 heteroatoms. The number of ketones is 1. The Labute approximate surface area is 108 Å². The minimum absolute atomic E-state index is 0.0675. The molecule has 1 heterocycles. The van der Waals surface area contributed by atoms with Crippen LogP contribution in [0.15, 0.2) is 18.2 Å². The van der Waals surface area contributed by atoms with Gasteiger partial charge in [0.1, 0.15) is 5.78 Å². The molecular weight excluding hydrogens is 228 g/mol. The molecule has 18 heavy (non-hydrogen) atoms. The van der Waals surface area contributed by atoms with Gasteiger partial charge in [-0.3, -0.25) is 4.79 Å². The molecule has 0 fully saturated rings. The number of hydrogen-bond acceptors (Lipinski definition) is 3. The smallest absolute Gasteiger partial charge is 0.161 e. The van der Waals surface area contributed by atoms with Gasteiger partial charge in [-0.15, -0.1) is 0 Å². The van der Waals surface area contributed by atoms with Crippen molar-refractivity contribution in [2.45, 2.75) is 39.0 Å². The van der Waals surface area contributed by atoms with Crippen LogP contribution in [0.3, 0.4) is 0 Å². The fraction of sp³-hybridized carbons (Fsp3) is 0.533. The van der Waals surface area contributed by atoms with Crippen molar-refractivity contribution in [1.82, 2.24) is 0 Å². The lowest BCUT2D eigenvalue weighted by molar-refractivity contribution is -0.120. The number of ether oxygens (including phenoxy) is 2. The Hall–Kier alpha value is -1.51. The summed E-state index contributed by atoms with van der Waals surface area (Å²) in [7, 11) is 0. The van der Waals surface area contributed by atoms with Crippen LogP contribution in [-0.2, 0) is 4.79 Å². The highest BCUT2D eigenvalue weighted by Crippen LogP contribution is 2.33. The van der Waals surface area contributed by atoms with Gasteiger partial charge in [0, 0.05) is 18.8 Å². The maximum atomic E-state index is 11.9. The van der Waals surface area contributed by atoms with Crippen molar-refractivity contribution < 1.29 is 14.3 Å². The fourth-order valence-corrected chi connectivity index (χ4v) is 2.10. The average Bonchev–Trinajstić information content (AvgIpc) is 2.62. The van der Waals surface area contributed by atoms with E-state index in [1.807, 2.05) is 32.0 Å². The molecule has 98 valence electrons. The van der Waals surface area contributed by atoms with E-state index in [4.69, 9.17) is 9.47 Å². The third kappa shape index (κ3) is 2.84. The van der Waals surface area contributed by atoms with Crippen LogP contribution in [0.25, 0.3) is 0 Å². The molecule has 0 spiro atoms. The lowest BCUT2D eigenvalue weighted by Crippen LogP contribution is -2.08. The van der Waals surface area contributed by atoms with Crippen LogP contribution < -0.4 is 9.47 Å². The molecule has 0 aromatic heterocycles. The zero-order valence-corrected chi connectivity index (χ0v) is 11.1. The minimum Gasteiger partial charge on any atom is -0.490 e. The molecule has 1 aromatic carbocycles. The van der Waals surface area contributed by atoms with Crippen LogP contribution in [0, 0.1) is 0 Å². The average molecular weight is 248 g/mol. The van der Waals surface area contributed by atoms with Gasteiger partial charge in [0.2, 0.25) is 0 Å². The third-order valence-electron chi connectivity index (χ3n) is 3.25. The highest BCUT2D eigenvalue weighted by Gasteiger charge is 2.17. The quantitative estimate of drug-likeness (QED) is 0.820. The van der Waals surface area contributed by atoms with Crippen LogP contribution in [0.4, 0.5) is 0 Å². The van der Waals surface area contributed by atoms with Crippen LogP contribution in [0.1, 0.15) is 44.6 Å². The summed E-state index contributed by atoms with van der Waals surface area (Å²) in [6.45, 7) is 5.35. The van der Waals surface area contributed by atoms with Gasteiger partial charge in [0.05, 0.1) is 13.2 Å². The maximum Gasteiger partial charge on any atom is 0.161 e. The summed E-state index contributed by atoms with van der Waals surface area (Å²) in [5.41, 5.74) is 1.01. The van der Waals surface area contributed by atoms with Crippen molar-refractivity contribution in [3.63, 3.8) is 0 Å². The fourth-order valence-electron chi connectivity index (χ4n) is 2.10. The largest absolute Gasteiger partial charge is 0.490 e. The van der Waals surface area contributed by atoms with E-state index < -0.39 is 0 Å². The van der Waals surface area contributed by atoms with Crippen molar-refractivity contribution >= 4 is 5.78 Å². The van der Waals surface area contributed by atoms with Gasteiger partial charge in [-0.05, 0) is 24.1 Å². The van der Waals surface area contributed by atoms with Crippen LogP contribution in [-0.4, -0.2) is 19.0 Å². The van der Waals surface area contributed by atoms with Gasteiger partial charge in [-0.1, -0.05) is 19.9 Å². The van der Waals surface area contributed by atoms with Crippen molar-refractivity contribution in [2.75, 3.05) is 13.2 Å². The van der Waals surface area contributed by atoms with E-state index in [9.17, 15) is 4.79 Å². The van der Waals surface area contributed by atoms with Crippen molar-refractivity contribution in [3.05, 3.63) is 23.8 Å². The second-order valence-electron chi connectivity index (χ2n) is 4.69. The van der Waals surface area contributed by atoms with Gasteiger partial charge < -0.3 is 9.47 Å². The number of carbonyl (C=O) groups is 1. The molecule has 1 aliphatic rings. The Kier molecular flexibility index (Phi) is 4.24. The summed E-state index contributed by atoms with van der Waals surface area (Å²) in [5, 5.41) is 0. The molecule has 1 atom stereocenters. The van der Waals surface area contributed by atoms with Crippen molar-refractivity contribution in [1.29, 1.82) is 0 Å². The molecule has 0 N–H and O–H groups in total. The normalized spacial score (nSPS) is 15.9. The second-order valence-corrected chi connectivity index (χ2v) is 4.69. The predicted octanol–water partition coefficient (Wildman–Crippen LogP) is 3.32. The number of benzene rings is 1. The number of rotatable bonds is 4. The first-order chi connectivity index (χ1) is 8.72. The number of Topliss-reactive ketones (excluding diaryl/α,β-unsaturated/α-hetero) is 1. The molecule has 0 aliphatic carbocycles. The highest BCUT2D eigenvalue weighted by atomic mass is 16.5. The Bertz CT molecular complexity index is 426. The topological polar surface area (TPSA) is 35.5 Å². The Morgan fingerprint density at radius 2 is 2.00 bits per heavy atom. The highest BCUT2D eigenvalue weighted by molar-refractivity contribution is 5.85.